The monoisotopic (exact) mass is 347 g/mol. The molecule has 1 N–H and O–H groups in total. The number of nitrogens with one attached hydrogen (secondary N) is 1. The molecule has 1 aromatic carbocycles. The fourth-order valence-electron chi connectivity index (χ4n) is 2.16. The molecular formula is C16H17N3O6. The van der Waals surface area contributed by atoms with E-state index < -0.39 is 16.9 Å². The SMILES string of the molecule is COC(=O)c1cc(CN(C)C(=O)Nc2cccc([N+](=O)[O-])c2)oc1C. The molecule has 25 heavy (non-hydrogen) atoms. The first-order chi connectivity index (χ1) is 11.8. The van der Waals surface area contributed by atoms with Gasteiger partial charge in [-0.3, -0.25) is 10.1 Å². The Kier molecular flexibility index (Phi) is 5.38. The number of carbonyl (C=O) groups excluding carboxylic acids is 2. The highest BCUT2D eigenvalue weighted by molar-refractivity contribution is 5.91. The Bertz CT molecular complexity index is 814. The summed E-state index contributed by atoms with van der Waals surface area (Å²) in [4.78, 5) is 35.3. The Morgan fingerprint density at radius 3 is 2.72 bits per heavy atom. The molecule has 0 spiro atoms. The first-order valence-corrected chi connectivity index (χ1v) is 7.26. The van der Waals surface area contributed by atoms with Crippen LogP contribution in [0.5, 0.6) is 0 Å². The van der Waals surface area contributed by atoms with Gasteiger partial charge < -0.3 is 19.4 Å². The number of carbonyl (C=O) groups is 2. The van der Waals surface area contributed by atoms with Crippen molar-refractivity contribution in [3.05, 3.63) is 57.5 Å². The van der Waals surface area contributed by atoms with Crippen molar-refractivity contribution in [1.29, 1.82) is 0 Å². The highest BCUT2D eigenvalue weighted by Gasteiger charge is 2.18. The van der Waals surface area contributed by atoms with Crippen molar-refractivity contribution in [2.24, 2.45) is 0 Å². The molecule has 1 heterocycles. The number of nitro groups is 1. The maximum absolute atomic E-state index is 12.2. The fourth-order valence-corrected chi connectivity index (χ4v) is 2.16. The van der Waals surface area contributed by atoms with Crippen molar-refractivity contribution in [3.63, 3.8) is 0 Å². The first kappa shape index (κ1) is 18.0. The zero-order valence-corrected chi connectivity index (χ0v) is 13.9. The van der Waals surface area contributed by atoms with Crippen molar-refractivity contribution >= 4 is 23.4 Å². The van der Waals surface area contributed by atoms with Gasteiger partial charge >= 0.3 is 12.0 Å². The Labute approximate surface area is 143 Å². The average Bonchev–Trinajstić information content (AvgIpc) is 2.94. The minimum atomic E-state index is -0.542. The number of hydrogen-bond donors (Lipinski definition) is 1. The van der Waals surface area contributed by atoms with Crippen LogP contribution < -0.4 is 5.32 Å². The summed E-state index contributed by atoms with van der Waals surface area (Å²) in [6, 6.07) is 6.65. The average molecular weight is 347 g/mol. The number of methoxy groups -OCH3 is 1. The summed E-state index contributed by atoms with van der Waals surface area (Å²) in [5, 5.41) is 13.3. The summed E-state index contributed by atoms with van der Waals surface area (Å²) in [6.45, 7) is 1.73. The first-order valence-electron chi connectivity index (χ1n) is 7.26. The number of benzene rings is 1. The maximum atomic E-state index is 12.2. The predicted octanol–water partition coefficient (Wildman–Crippen LogP) is 2.95. The number of ether oxygens (including phenoxy) is 1. The number of hydrogen-bond acceptors (Lipinski definition) is 6. The van der Waals surface area contributed by atoms with Crippen molar-refractivity contribution in [1.82, 2.24) is 4.90 Å². The molecule has 0 radical (unpaired) electrons. The second kappa shape index (κ2) is 7.47. The normalized spacial score (nSPS) is 10.2. The lowest BCUT2D eigenvalue weighted by Crippen LogP contribution is -2.30. The summed E-state index contributed by atoms with van der Waals surface area (Å²) in [5.41, 5.74) is 0.478. The Balaban J connectivity index is 2.04. The molecule has 2 rings (SSSR count). The van der Waals surface area contributed by atoms with Crippen LogP contribution in [-0.4, -0.2) is 36.0 Å². The van der Waals surface area contributed by atoms with E-state index >= 15 is 0 Å². The van der Waals surface area contributed by atoms with Crippen LogP contribution in [0.3, 0.4) is 0 Å². The number of esters is 1. The van der Waals surface area contributed by atoms with Gasteiger partial charge in [0.2, 0.25) is 0 Å². The third-order valence-electron chi connectivity index (χ3n) is 3.42. The number of furan rings is 1. The van der Waals surface area contributed by atoms with Crippen molar-refractivity contribution in [2.75, 3.05) is 19.5 Å². The fraction of sp³-hybridized carbons (Fsp3) is 0.250. The van der Waals surface area contributed by atoms with Gasteiger partial charge in [-0.25, -0.2) is 9.59 Å². The number of amides is 2. The van der Waals surface area contributed by atoms with Gasteiger partial charge in [-0.15, -0.1) is 0 Å². The van der Waals surface area contributed by atoms with Crippen molar-refractivity contribution in [3.8, 4) is 0 Å². The molecular weight excluding hydrogens is 330 g/mol. The minimum Gasteiger partial charge on any atom is -0.465 e. The smallest absolute Gasteiger partial charge is 0.341 e. The molecule has 2 aromatic rings. The molecule has 0 unspecified atom stereocenters. The van der Waals surface area contributed by atoms with E-state index in [9.17, 15) is 19.7 Å². The highest BCUT2D eigenvalue weighted by atomic mass is 16.6. The number of nitro benzene ring substituents is 1. The lowest BCUT2D eigenvalue weighted by atomic mass is 10.2. The summed E-state index contributed by atoms with van der Waals surface area (Å²) < 4.78 is 10.1. The molecule has 0 saturated heterocycles. The van der Waals surface area contributed by atoms with Crippen LogP contribution in [0.15, 0.2) is 34.7 Å². The lowest BCUT2D eigenvalue weighted by Gasteiger charge is -2.16. The van der Waals surface area contributed by atoms with Gasteiger partial charge in [0.15, 0.2) is 0 Å². The minimum absolute atomic E-state index is 0.110. The molecule has 9 heteroatoms. The van der Waals surface area contributed by atoms with E-state index in [1.54, 1.807) is 13.0 Å². The predicted molar refractivity (Wildman–Crippen MR) is 88.4 cm³/mol. The van der Waals surface area contributed by atoms with Gasteiger partial charge in [-0.05, 0) is 19.1 Å². The van der Waals surface area contributed by atoms with E-state index in [4.69, 9.17) is 4.42 Å². The third kappa shape index (κ3) is 4.34. The molecule has 0 aliphatic heterocycles. The molecule has 0 aliphatic carbocycles. The van der Waals surface area contributed by atoms with E-state index in [1.165, 1.54) is 43.3 Å². The van der Waals surface area contributed by atoms with Gasteiger partial charge in [0, 0.05) is 24.9 Å². The zero-order valence-electron chi connectivity index (χ0n) is 13.9. The van der Waals surface area contributed by atoms with Crippen LogP contribution in [0.4, 0.5) is 16.2 Å². The van der Waals surface area contributed by atoms with Gasteiger partial charge in [0.05, 0.1) is 18.6 Å². The second-order valence-electron chi connectivity index (χ2n) is 5.27. The van der Waals surface area contributed by atoms with Crippen LogP contribution in [0, 0.1) is 17.0 Å². The van der Waals surface area contributed by atoms with E-state index in [1.807, 2.05) is 0 Å². The van der Waals surface area contributed by atoms with E-state index in [-0.39, 0.29) is 12.2 Å². The molecule has 0 fully saturated rings. The molecule has 9 nitrogen and oxygen atoms in total. The van der Waals surface area contributed by atoms with Crippen molar-refractivity contribution in [2.45, 2.75) is 13.5 Å². The number of anilines is 1. The van der Waals surface area contributed by atoms with Crippen LogP contribution in [0.25, 0.3) is 0 Å². The van der Waals surface area contributed by atoms with Crippen LogP contribution in [-0.2, 0) is 11.3 Å². The Morgan fingerprint density at radius 1 is 1.36 bits per heavy atom. The number of nitrogens with zero attached hydrogens (tertiary/aromatic N) is 2. The molecule has 132 valence electrons. The van der Waals surface area contributed by atoms with E-state index in [0.29, 0.717) is 22.8 Å². The van der Waals surface area contributed by atoms with Crippen molar-refractivity contribution < 1.29 is 23.7 Å². The van der Waals surface area contributed by atoms with Gasteiger partial charge in [0.25, 0.3) is 5.69 Å². The lowest BCUT2D eigenvalue weighted by molar-refractivity contribution is -0.384. The third-order valence-corrected chi connectivity index (χ3v) is 3.42. The number of rotatable bonds is 5. The topological polar surface area (TPSA) is 115 Å². The second-order valence-corrected chi connectivity index (χ2v) is 5.27. The molecule has 0 bridgehead atoms. The summed E-state index contributed by atoms with van der Waals surface area (Å²) in [6.07, 6.45) is 0. The maximum Gasteiger partial charge on any atom is 0.341 e. The number of aryl methyl sites for hydroxylation is 1. The Hall–Kier alpha value is -3.36. The molecule has 1 aromatic heterocycles. The van der Waals surface area contributed by atoms with Crippen LogP contribution >= 0.6 is 0 Å². The quantitative estimate of drug-likeness (QED) is 0.505. The Morgan fingerprint density at radius 2 is 2.08 bits per heavy atom. The summed E-state index contributed by atoms with van der Waals surface area (Å²) >= 11 is 0. The molecule has 0 saturated carbocycles. The van der Waals surface area contributed by atoms with E-state index in [2.05, 4.69) is 10.1 Å². The number of urea groups is 1. The van der Waals surface area contributed by atoms with Gasteiger partial charge in [0.1, 0.15) is 17.1 Å². The standard InChI is InChI=1S/C16H17N3O6/c1-10-14(15(20)24-3)8-13(25-10)9-18(2)16(21)17-11-5-4-6-12(7-11)19(22)23/h4-8H,9H2,1-3H3,(H,17,21). The zero-order chi connectivity index (χ0) is 18.6. The van der Waals surface area contributed by atoms with Crippen LogP contribution in [0.2, 0.25) is 0 Å². The summed E-state index contributed by atoms with van der Waals surface area (Å²) in [7, 11) is 2.80. The number of non-ortho nitro benzene ring substituents is 1. The summed E-state index contributed by atoms with van der Waals surface area (Å²) in [5.74, 6) is 0.292. The van der Waals surface area contributed by atoms with Gasteiger partial charge in [-0.2, -0.15) is 0 Å². The largest absolute Gasteiger partial charge is 0.465 e. The highest BCUT2D eigenvalue weighted by Crippen LogP contribution is 2.19. The van der Waals surface area contributed by atoms with Crippen LogP contribution in [0.1, 0.15) is 21.9 Å². The van der Waals surface area contributed by atoms with E-state index in [0.717, 1.165) is 0 Å². The van der Waals surface area contributed by atoms with Gasteiger partial charge in [-0.1, -0.05) is 6.07 Å². The molecule has 0 atom stereocenters. The molecule has 2 amide bonds. The molecule has 0 aliphatic rings.